The van der Waals surface area contributed by atoms with Crippen molar-refractivity contribution >= 4 is 33.0 Å². The van der Waals surface area contributed by atoms with E-state index in [1.54, 1.807) is 36.4 Å². The van der Waals surface area contributed by atoms with Gasteiger partial charge in [0, 0.05) is 22.5 Å². The molecule has 0 radical (unpaired) electrons. The van der Waals surface area contributed by atoms with Gasteiger partial charge in [-0.05, 0) is 61.4 Å². The molecule has 168 valence electrons. The Kier molecular flexibility index (Phi) is 7.78. The molecule has 1 unspecified atom stereocenters. The Hall–Kier alpha value is -1.89. The third kappa shape index (κ3) is 6.31. The number of aliphatic hydroxyl groups is 1. The van der Waals surface area contributed by atoms with E-state index in [0.717, 1.165) is 24.1 Å². The molecule has 1 aliphatic rings. The highest BCUT2D eigenvalue weighted by Gasteiger charge is 2.38. The van der Waals surface area contributed by atoms with Crippen LogP contribution >= 0.6 is 11.6 Å². The fourth-order valence-electron chi connectivity index (χ4n) is 3.85. The average Bonchev–Trinajstić information content (AvgIpc) is 3.08. The predicted octanol–water partition coefficient (Wildman–Crippen LogP) is 5.45. The number of unbranched alkanes of at least 4 members (excludes halogenated alkanes) is 5. The number of aliphatic imine (C=N–C) groups is 1. The zero-order valence-electron chi connectivity index (χ0n) is 18.2. The van der Waals surface area contributed by atoms with Crippen LogP contribution in [0.5, 0.6) is 0 Å². The molecule has 1 aliphatic heterocycles. The van der Waals surface area contributed by atoms with Gasteiger partial charge in [-0.25, -0.2) is 13.4 Å². The first-order valence-electron chi connectivity index (χ1n) is 10.9. The molecule has 0 bridgehead atoms. The highest BCUT2D eigenvalue weighted by molar-refractivity contribution is 7.90. The maximum Gasteiger partial charge on any atom is 0.176 e. The maximum absolute atomic E-state index is 11.8. The van der Waals surface area contributed by atoms with Gasteiger partial charge in [0.2, 0.25) is 0 Å². The summed E-state index contributed by atoms with van der Waals surface area (Å²) in [6.45, 7) is 2.53. The van der Waals surface area contributed by atoms with Crippen molar-refractivity contribution in [3.05, 3.63) is 59.1 Å². The number of rotatable bonds is 10. The monoisotopic (exact) mass is 462 g/mol. The second-order valence-electron chi connectivity index (χ2n) is 8.29. The number of benzene rings is 2. The molecule has 1 N–H and O–H groups in total. The fourth-order valence-corrected chi connectivity index (χ4v) is 4.61. The molecule has 0 spiro atoms. The zero-order valence-corrected chi connectivity index (χ0v) is 19.8. The van der Waals surface area contributed by atoms with Crippen molar-refractivity contribution in [1.82, 2.24) is 0 Å². The maximum atomic E-state index is 11.8. The molecule has 0 fully saturated rings. The normalized spacial score (nSPS) is 19.0. The Bertz CT molecular complexity index is 1000. The largest absolute Gasteiger partial charge is 0.368 e. The Morgan fingerprint density at radius 3 is 2.23 bits per heavy atom. The lowest BCUT2D eigenvalue weighted by atomic mass is 10.0. The van der Waals surface area contributed by atoms with E-state index in [-0.39, 0.29) is 4.90 Å². The number of hydrogen-bond acceptors (Lipinski definition) is 5. The number of sulfone groups is 1. The van der Waals surface area contributed by atoms with Crippen molar-refractivity contribution in [2.24, 2.45) is 4.99 Å². The summed E-state index contributed by atoms with van der Waals surface area (Å²) in [7, 11) is -3.27. The summed E-state index contributed by atoms with van der Waals surface area (Å²) >= 11 is 6.05. The lowest BCUT2D eigenvalue weighted by Crippen LogP contribution is -2.36. The highest BCUT2D eigenvalue weighted by atomic mass is 35.5. The first kappa shape index (κ1) is 23.8. The minimum atomic E-state index is -3.27. The topological polar surface area (TPSA) is 70.0 Å². The summed E-state index contributed by atoms with van der Waals surface area (Å²) in [5.74, 6) is 0.664. The van der Waals surface area contributed by atoms with Gasteiger partial charge in [0.15, 0.2) is 15.6 Å². The number of halogens is 1. The van der Waals surface area contributed by atoms with E-state index in [0.29, 0.717) is 23.8 Å². The van der Waals surface area contributed by atoms with E-state index in [1.807, 2.05) is 17.0 Å². The molecule has 5 nitrogen and oxygen atoms in total. The van der Waals surface area contributed by atoms with Crippen molar-refractivity contribution in [3.8, 4) is 0 Å². The second-order valence-corrected chi connectivity index (χ2v) is 10.7. The smallest absolute Gasteiger partial charge is 0.176 e. The van der Waals surface area contributed by atoms with Gasteiger partial charge < -0.3 is 10.0 Å². The lowest BCUT2D eigenvalue weighted by molar-refractivity contribution is 0.0551. The third-order valence-electron chi connectivity index (χ3n) is 5.59. The van der Waals surface area contributed by atoms with Crippen LogP contribution in [0, 0.1) is 0 Å². The first-order chi connectivity index (χ1) is 14.7. The summed E-state index contributed by atoms with van der Waals surface area (Å²) < 4.78 is 23.6. The standard InChI is InChI=1S/C24H31ClN2O3S/c1-3-4-5-6-7-8-17-24(28)18-27(21-13-15-22(16-14-21)31(2,29)30)23(26-24)19-9-11-20(25)12-10-19/h9-16,28H,3-8,17-18H2,1-2H3. The Labute approximate surface area is 190 Å². The van der Waals surface area contributed by atoms with E-state index in [2.05, 4.69) is 6.92 Å². The van der Waals surface area contributed by atoms with Gasteiger partial charge in [-0.15, -0.1) is 0 Å². The summed E-state index contributed by atoms with van der Waals surface area (Å²) in [5.41, 5.74) is 0.477. The van der Waals surface area contributed by atoms with E-state index in [9.17, 15) is 13.5 Å². The number of nitrogens with zero attached hydrogens (tertiary/aromatic N) is 2. The SMILES string of the molecule is CCCCCCCCC1(O)CN(c2ccc(S(C)(=O)=O)cc2)C(c2ccc(Cl)cc2)=N1. The third-order valence-corrected chi connectivity index (χ3v) is 6.97. The van der Waals surface area contributed by atoms with Crippen LogP contribution in [-0.2, 0) is 9.84 Å². The van der Waals surface area contributed by atoms with Crippen LogP contribution in [0.2, 0.25) is 5.02 Å². The van der Waals surface area contributed by atoms with Gasteiger partial charge in [-0.1, -0.05) is 50.6 Å². The minimum absolute atomic E-state index is 0.266. The van der Waals surface area contributed by atoms with Crippen LogP contribution in [0.25, 0.3) is 0 Å². The van der Waals surface area contributed by atoms with Gasteiger partial charge in [0.1, 0.15) is 5.84 Å². The van der Waals surface area contributed by atoms with Crippen molar-refractivity contribution in [2.45, 2.75) is 62.5 Å². The van der Waals surface area contributed by atoms with Crippen molar-refractivity contribution < 1.29 is 13.5 Å². The van der Waals surface area contributed by atoms with Crippen molar-refractivity contribution in [3.63, 3.8) is 0 Å². The number of β-amino-alcohol motifs (C(OH)–C–C–N with tert-alkyl or cyclic N) is 1. The molecule has 0 saturated heterocycles. The number of amidine groups is 1. The average molecular weight is 463 g/mol. The van der Waals surface area contributed by atoms with Crippen LogP contribution in [0.3, 0.4) is 0 Å². The van der Waals surface area contributed by atoms with E-state index in [1.165, 1.54) is 31.9 Å². The lowest BCUT2D eigenvalue weighted by Gasteiger charge is -2.24. The molecule has 7 heteroatoms. The molecule has 2 aromatic rings. The Balaban J connectivity index is 1.82. The zero-order chi connectivity index (χ0) is 22.5. The van der Waals surface area contributed by atoms with Crippen LogP contribution in [0.15, 0.2) is 58.4 Å². The van der Waals surface area contributed by atoms with Gasteiger partial charge >= 0.3 is 0 Å². The Morgan fingerprint density at radius 1 is 1.00 bits per heavy atom. The number of hydrogen-bond donors (Lipinski definition) is 1. The van der Waals surface area contributed by atoms with Gasteiger partial charge in [0.05, 0.1) is 11.4 Å². The molecule has 1 heterocycles. The van der Waals surface area contributed by atoms with Gasteiger partial charge in [0.25, 0.3) is 0 Å². The van der Waals surface area contributed by atoms with E-state index < -0.39 is 15.6 Å². The Morgan fingerprint density at radius 2 is 1.61 bits per heavy atom. The van der Waals surface area contributed by atoms with Crippen molar-refractivity contribution in [2.75, 3.05) is 17.7 Å². The summed E-state index contributed by atoms with van der Waals surface area (Å²) in [5, 5.41) is 11.9. The molecule has 3 rings (SSSR count). The molecule has 1 atom stereocenters. The van der Waals surface area contributed by atoms with Crippen LogP contribution in [0.4, 0.5) is 5.69 Å². The van der Waals surface area contributed by atoms with Crippen LogP contribution in [-0.4, -0.2) is 37.9 Å². The summed E-state index contributed by atoms with van der Waals surface area (Å²) in [6, 6.07) is 14.1. The molecule has 0 amide bonds. The number of anilines is 1. The molecule has 0 aliphatic carbocycles. The fraction of sp³-hybridized carbons (Fsp3) is 0.458. The first-order valence-corrected chi connectivity index (χ1v) is 13.1. The predicted molar refractivity (Wildman–Crippen MR) is 128 cm³/mol. The van der Waals surface area contributed by atoms with Crippen LogP contribution in [0.1, 0.15) is 57.4 Å². The van der Waals surface area contributed by atoms with Gasteiger partial charge in [-0.3, -0.25) is 0 Å². The molecule has 2 aromatic carbocycles. The molecule has 31 heavy (non-hydrogen) atoms. The highest BCUT2D eigenvalue weighted by Crippen LogP contribution is 2.32. The molecule has 0 aromatic heterocycles. The minimum Gasteiger partial charge on any atom is -0.368 e. The van der Waals surface area contributed by atoms with Crippen LogP contribution < -0.4 is 4.90 Å². The quantitative estimate of drug-likeness (QED) is 0.476. The van der Waals surface area contributed by atoms with Gasteiger partial charge in [-0.2, -0.15) is 0 Å². The van der Waals surface area contributed by atoms with Crippen molar-refractivity contribution in [1.29, 1.82) is 0 Å². The van der Waals surface area contributed by atoms with E-state index >= 15 is 0 Å². The molecular weight excluding hydrogens is 432 g/mol. The molecule has 0 saturated carbocycles. The molecular formula is C24H31ClN2O3S. The summed E-state index contributed by atoms with van der Waals surface area (Å²) in [4.78, 5) is 6.94. The second kappa shape index (κ2) is 10.2. The summed E-state index contributed by atoms with van der Waals surface area (Å²) in [6.07, 6.45) is 8.65. The van der Waals surface area contributed by atoms with E-state index in [4.69, 9.17) is 16.6 Å².